The van der Waals surface area contributed by atoms with Crippen LogP contribution >= 0.6 is 0 Å². The zero-order valence-corrected chi connectivity index (χ0v) is 12.2. The van der Waals surface area contributed by atoms with Crippen molar-refractivity contribution in [2.45, 2.75) is 25.2 Å². The van der Waals surface area contributed by atoms with Crippen LogP contribution < -0.4 is 0 Å². The molecule has 1 heterocycles. The number of rotatable bonds is 3. The Morgan fingerprint density at radius 3 is 2.37 bits per heavy atom. The monoisotopic (exact) mass is 277 g/mol. The van der Waals surface area contributed by atoms with Gasteiger partial charge in [-0.3, -0.25) is 0 Å². The van der Waals surface area contributed by atoms with Crippen LogP contribution in [-0.2, 0) is 10.0 Å². The Balaban J connectivity index is 2.23. The Bertz CT molecular complexity index is 612. The summed E-state index contributed by atoms with van der Waals surface area (Å²) in [5, 5.41) is 0. The van der Waals surface area contributed by atoms with E-state index in [1.165, 1.54) is 4.31 Å². The molecule has 0 atom stereocenters. The summed E-state index contributed by atoms with van der Waals surface area (Å²) < 4.78 is 26.4. The minimum Gasteiger partial charge on any atom is -0.207 e. The highest BCUT2D eigenvalue weighted by Crippen LogP contribution is 2.23. The third-order valence-electron chi connectivity index (χ3n) is 3.38. The molecule has 1 aromatic rings. The largest absolute Gasteiger partial charge is 0.243 e. The lowest BCUT2D eigenvalue weighted by Crippen LogP contribution is -2.35. The van der Waals surface area contributed by atoms with Gasteiger partial charge in [0.1, 0.15) is 0 Å². The first-order valence-electron chi connectivity index (χ1n) is 6.33. The number of hydrogen-bond acceptors (Lipinski definition) is 2. The van der Waals surface area contributed by atoms with E-state index in [1.54, 1.807) is 12.1 Å². The van der Waals surface area contributed by atoms with E-state index >= 15 is 0 Å². The van der Waals surface area contributed by atoms with E-state index < -0.39 is 10.0 Å². The van der Waals surface area contributed by atoms with Crippen LogP contribution in [0.1, 0.15) is 18.9 Å². The van der Waals surface area contributed by atoms with Gasteiger partial charge in [0.2, 0.25) is 10.0 Å². The van der Waals surface area contributed by atoms with Crippen LogP contribution in [0.3, 0.4) is 0 Å². The summed E-state index contributed by atoms with van der Waals surface area (Å²) in [6.45, 7) is 8.75. The van der Waals surface area contributed by atoms with Gasteiger partial charge in [-0.2, -0.15) is 4.31 Å². The number of hydrogen-bond donors (Lipinski definition) is 0. The van der Waals surface area contributed by atoms with Gasteiger partial charge in [-0.25, -0.2) is 8.42 Å². The maximum Gasteiger partial charge on any atom is 0.243 e. The van der Waals surface area contributed by atoms with E-state index in [2.05, 4.69) is 6.58 Å². The van der Waals surface area contributed by atoms with Gasteiger partial charge in [0.05, 0.1) is 4.90 Å². The maximum absolute atomic E-state index is 12.4. The third kappa shape index (κ3) is 2.96. The summed E-state index contributed by atoms with van der Waals surface area (Å²) in [4.78, 5) is 0.366. The number of nitrogens with zero attached hydrogens (tertiary/aromatic N) is 1. The average molecular weight is 277 g/mol. The van der Waals surface area contributed by atoms with Crippen molar-refractivity contribution in [1.82, 2.24) is 4.31 Å². The van der Waals surface area contributed by atoms with Crippen LogP contribution in [0, 0.1) is 6.92 Å². The lowest BCUT2D eigenvalue weighted by atomic mass is 10.0. The normalized spacial score (nSPS) is 17.1. The van der Waals surface area contributed by atoms with E-state index in [4.69, 9.17) is 0 Å². The highest BCUT2D eigenvalue weighted by atomic mass is 32.2. The second-order valence-corrected chi connectivity index (χ2v) is 6.87. The van der Waals surface area contributed by atoms with Crippen molar-refractivity contribution in [3.63, 3.8) is 0 Å². The molecule has 0 unspecified atom stereocenters. The molecular weight excluding hydrogens is 258 g/mol. The van der Waals surface area contributed by atoms with Gasteiger partial charge in [0.25, 0.3) is 0 Å². The van der Waals surface area contributed by atoms with Gasteiger partial charge in [0, 0.05) is 13.1 Å². The highest BCUT2D eigenvalue weighted by molar-refractivity contribution is 7.89. The zero-order valence-electron chi connectivity index (χ0n) is 11.4. The Kier molecular flexibility index (Phi) is 3.92. The van der Waals surface area contributed by atoms with Gasteiger partial charge < -0.3 is 0 Å². The van der Waals surface area contributed by atoms with Gasteiger partial charge >= 0.3 is 0 Å². The fourth-order valence-electron chi connectivity index (χ4n) is 2.12. The number of benzene rings is 1. The molecule has 0 amide bonds. The molecule has 0 aromatic heterocycles. The van der Waals surface area contributed by atoms with E-state index in [0.29, 0.717) is 18.0 Å². The van der Waals surface area contributed by atoms with Gasteiger partial charge in [-0.05, 0) is 38.0 Å². The van der Waals surface area contributed by atoms with Crippen molar-refractivity contribution in [3.05, 3.63) is 53.6 Å². The van der Waals surface area contributed by atoms with Crippen molar-refractivity contribution in [3.8, 4) is 0 Å². The van der Waals surface area contributed by atoms with Crippen LogP contribution in [0.5, 0.6) is 0 Å². The fourth-order valence-corrected chi connectivity index (χ4v) is 3.50. The standard InChI is InChI=1S/C15H19NO2S/c1-12(2)14-8-10-16(11-9-14)19(17,18)15-6-4-13(3)5-7-15/h4-8H,1,9-11H2,2-3H3. The molecule has 102 valence electrons. The van der Waals surface area contributed by atoms with Crippen LogP contribution in [0.4, 0.5) is 0 Å². The predicted molar refractivity (Wildman–Crippen MR) is 77.5 cm³/mol. The molecule has 0 fully saturated rings. The van der Waals surface area contributed by atoms with Crippen molar-refractivity contribution in [2.24, 2.45) is 0 Å². The zero-order chi connectivity index (χ0) is 14.0. The van der Waals surface area contributed by atoms with E-state index in [1.807, 2.05) is 32.1 Å². The molecule has 0 bridgehead atoms. The Morgan fingerprint density at radius 1 is 1.26 bits per heavy atom. The Hall–Kier alpha value is -1.39. The minimum atomic E-state index is -3.37. The lowest BCUT2D eigenvalue weighted by molar-refractivity contribution is 0.432. The molecule has 2 rings (SSSR count). The van der Waals surface area contributed by atoms with Crippen LogP contribution in [0.2, 0.25) is 0 Å². The van der Waals surface area contributed by atoms with Gasteiger partial charge in [-0.15, -0.1) is 0 Å². The molecule has 0 saturated carbocycles. The molecule has 4 heteroatoms. The molecule has 1 aromatic carbocycles. The summed E-state index contributed by atoms with van der Waals surface area (Å²) in [7, 11) is -3.37. The van der Waals surface area contributed by atoms with Crippen molar-refractivity contribution in [1.29, 1.82) is 0 Å². The van der Waals surface area contributed by atoms with Crippen LogP contribution in [0.15, 0.2) is 53.0 Å². The van der Waals surface area contributed by atoms with E-state index in [-0.39, 0.29) is 0 Å². The first-order chi connectivity index (χ1) is 8.91. The summed E-state index contributed by atoms with van der Waals surface area (Å²) in [6, 6.07) is 6.99. The van der Waals surface area contributed by atoms with E-state index in [0.717, 1.165) is 23.1 Å². The number of aryl methyl sites for hydroxylation is 1. The molecule has 0 spiro atoms. The highest BCUT2D eigenvalue weighted by Gasteiger charge is 2.25. The van der Waals surface area contributed by atoms with Crippen molar-refractivity contribution in [2.75, 3.05) is 13.1 Å². The smallest absolute Gasteiger partial charge is 0.207 e. The molecule has 0 saturated heterocycles. The first kappa shape index (κ1) is 14.0. The number of allylic oxidation sites excluding steroid dienone is 1. The van der Waals surface area contributed by atoms with Crippen LogP contribution in [0.25, 0.3) is 0 Å². The van der Waals surface area contributed by atoms with Gasteiger partial charge in [-0.1, -0.05) is 35.9 Å². The van der Waals surface area contributed by atoms with Crippen molar-refractivity contribution < 1.29 is 8.42 Å². The minimum absolute atomic E-state index is 0.366. The fraction of sp³-hybridized carbons (Fsp3) is 0.333. The molecule has 0 N–H and O–H groups in total. The van der Waals surface area contributed by atoms with Crippen LogP contribution in [-0.4, -0.2) is 25.8 Å². The maximum atomic E-state index is 12.4. The lowest BCUT2D eigenvalue weighted by Gasteiger charge is -2.26. The van der Waals surface area contributed by atoms with E-state index in [9.17, 15) is 8.42 Å². The molecule has 1 aliphatic heterocycles. The summed E-state index contributed by atoms with van der Waals surface area (Å²) in [5.74, 6) is 0. The molecule has 19 heavy (non-hydrogen) atoms. The number of sulfonamides is 1. The van der Waals surface area contributed by atoms with Gasteiger partial charge in [0.15, 0.2) is 0 Å². The SMILES string of the molecule is C=C(C)C1=CCN(S(=O)(=O)c2ccc(C)cc2)CC1. The first-order valence-corrected chi connectivity index (χ1v) is 7.77. The predicted octanol–water partition coefficient (Wildman–Crippen LogP) is 2.89. The molecule has 0 radical (unpaired) electrons. The molecule has 3 nitrogen and oxygen atoms in total. The Labute approximate surface area is 115 Å². The Morgan fingerprint density at radius 2 is 1.89 bits per heavy atom. The quantitative estimate of drug-likeness (QED) is 0.852. The molecule has 1 aliphatic rings. The van der Waals surface area contributed by atoms with Crippen molar-refractivity contribution >= 4 is 10.0 Å². The molecular formula is C15H19NO2S. The molecule has 0 aliphatic carbocycles. The second kappa shape index (κ2) is 5.31. The summed E-state index contributed by atoms with van der Waals surface area (Å²) in [6.07, 6.45) is 2.69. The topological polar surface area (TPSA) is 37.4 Å². The third-order valence-corrected chi connectivity index (χ3v) is 5.26. The summed E-state index contributed by atoms with van der Waals surface area (Å²) >= 11 is 0. The average Bonchev–Trinajstić information content (AvgIpc) is 2.39. The second-order valence-electron chi connectivity index (χ2n) is 4.94. The summed E-state index contributed by atoms with van der Waals surface area (Å²) in [5.41, 5.74) is 3.24.